The molecule has 0 aliphatic carbocycles. The second-order valence-electron chi connectivity index (χ2n) is 4.93. The Morgan fingerprint density at radius 2 is 1.83 bits per heavy atom. The van der Waals surface area contributed by atoms with Crippen LogP contribution in [0.3, 0.4) is 0 Å². The van der Waals surface area contributed by atoms with Crippen LogP contribution in [0.15, 0.2) is 0 Å². The van der Waals surface area contributed by atoms with Crippen molar-refractivity contribution in [3.8, 4) is 0 Å². The van der Waals surface area contributed by atoms with E-state index in [0.717, 1.165) is 12.0 Å². The Morgan fingerprint density at radius 1 is 1.17 bits per heavy atom. The van der Waals surface area contributed by atoms with Gasteiger partial charge in [0.05, 0.1) is 0 Å². The third-order valence-electron chi connectivity index (χ3n) is 3.47. The molecule has 0 saturated carbocycles. The first-order valence-electron chi connectivity index (χ1n) is 5.14. The maximum absolute atomic E-state index is 3.58. The van der Waals surface area contributed by atoms with Gasteiger partial charge in [-0.25, -0.2) is 0 Å². The Hall–Kier alpha value is -0.0800. The van der Waals surface area contributed by atoms with Gasteiger partial charge in [0.1, 0.15) is 0 Å². The quantitative estimate of drug-likeness (QED) is 0.610. The van der Waals surface area contributed by atoms with Crippen LogP contribution < -0.4 is 10.6 Å². The van der Waals surface area contributed by atoms with Gasteiger partial charge in [0.15, 0.2) is 0 Å². The lowest BCUT2D eigenvalue weighted by Gasteiger charge is -2.50. The number of hydrogen-bond acceptors (Lipinski definition) is 2. The van der Waals surface area contributed by atoms with Gasteiger partial charge in [0.25, 0.3) is 0 Å². The minimum atomic E-state index is 0.558. The topological polar surface area (TPSA) is 24.1 Å². The molecule has 2 heterocycles. The lowest BCUT2D eigenvalue weighted by Crippen LogP contribution is -2.63. The molecule has 0 bridgehead atoms. The van der Waals surface area contributed by atoms with Gasteiger partial charge < -0.3 is 10.6 Å². The molecule has 2 rings (SSSR count). The summed E-state index contributed by atoms with van der Waals surface area (Å²) in [6, 6.07) is 0.791. The Morgan fingerprint density at radius 3 is 2.25 bits per heavy atom. The summed E-state index contributed by atoms with van der Waals surface area (Å²) in [7, 11) is 0. The van der Waals surface area contributed by atoms with Crippen LogP contribution in [0.25, 0.3) is 0 Å². The van der Waals surface area contributed by atoms with Gasteiger partial charge in [-0.1, -0.05) is 13.8 Å². The summed E-state index contributed by atoms with van der Waals surface area (Å²) < 4.78 is 0. The molecule has 2 fully saturated rings. The van der Waals surface area contributed by atoms with E-state index >= 15 is 0 Å². The molecule has 2 aliphatic heterocycles. The van der Waals surface area contributed by atoms with Gasteiger partial charge >= 0.3 is 0 Å². The van der Waals surface area contributed by atoms with Crippen molar-refractivity contribution < 1.29 is 0 Å². The predicted molar refractivity (Wildman–Crippen MR) is 51.2 cm³/mol. The van der Waals surface area contributed by atoms with Gasteiger partial charge in [0.2, 0.25) is 0 Å². The molecule has 2 N–H and O–H groups in total. The minimum Gasteiger partial charge on any atom is -0.317 e. The highest BCUT2D eigenvalue weighted by Gasteiger charge is 2.42. The molecular formula is C10H20N2. The molecule has 12 heavy (non-hydrogen) atoms. The van der Waals surface area contributed by atoms with E-state index in [1.54, 1.807) is 0 Å². The SMILES string of the molecule is CC1(C)CNC1C1CCNCC1. The molecule has 0 radical (unpaired) electrons. The summed E-state index contributed by atoms with van der Waals surface area (Å²) in [5.74, 6) is 0.926. The largest absolute Gasteiger partial charge is 0.317 e. The zero-order chi connectivity index (χ0) is 8.60. The predicted octanol–water partition coefficient (Wildman–Crippen LogP) is 0.984. The van der Waals surface area contributed by atoms with Crippen molar-refractivity contribution in [2.45, 2.75) is 32.7 Å². The summed E-state index contributed by atoms with van der Waals surface area (Å²) >= 11 is 0. The number of piperidine rings is 1. The van der Waals surface area contributed by atoms with Crippen molar-refractivity contribution in [2.75, 3.05) is 19.6 Å². The van der Waals surface area contributed by atoms with Gasteiger partial charge in [-0.2, -0.15) is 0 Å². The molecule has 2 nitrogen and oxygen atoms in total. The normalized spacial score (nSPS) is 36.0. The third-order valence-corrected chi connectivity index (χ3v) is 3.47. The maximum atomic E-state index is 3.58. The zero-order valence-corrected chi connectivity index (χ0v) is 8.19. The smallest absolute Gasteiger partial charge is 0.0160 e. The number of nitrogens with one attached hydrogen (secondary N) is 2. The highest BCUT2D eigenvalue weighted by molar-refractivity contribution is 5.00. The fourth-order valence-corrected chi connectivity index (χ4v) is 2.61. The molecule has 2 aliphatic rings. The van der Waals surface area contributed by atoms with Crippen LogP contribution >= 0.6 is 0 Å². The maximum Gasteiger partial charge on any atom is 0.0160 e. The molecule has 2 saturated heterocycles. The lowest BCUT2D eigenvalue weighted by molar-refractivity contribution is 0.0608. The lowest BCUT2D eigenvalue weighted by atomic mass is 9.69. The Labute approximate surface area is 75.1 Å². The fraction of sp³-hybridized carbons (Fsp3) is 1.00. The monoisotopic (exact) mass is 168 g/mol. The van der Waals surface area contributed by atoms with Gasteiger partial charge in [0, 0.05) is 12.6 Å². The van der Waals surface area contributed by atoms with Crippen LogP contribution in [0.5, 0.6) is 0 Å². The van der Waals surface area contributed by atoms with Gasteiger partial charge in [-0.3, -0.25) is 0 Å². The van der Waals surface area contributed by atoms with E-state index in [2.05, 4.69) is 24.5 Å². The highest BCUT2D eigenvalue weighted by atomic mass is 15.0. The molecule has 0 aromatic rings. The molecular weight excluding hydrogens is 148 g/mol. The Balaban J connectivity index is 1.91. The molecule has 1 unspecified atom stereocenters. The van der Waals surface area contributed by atoms with Gasteiger partial charge in [-0.05, 0) is 37.3 Å². The van der Waals surface area contributed by atoms with Crippen molar-refractivity contribution in [3.63, 3.8) is 0 Å². The molecule has 1 atom stereocenters. The van der Waals surface area contributed by atoms with E-state index < -0.39 is 0 Å². The zero-order valence-electron chi connectivity index (χ0n) is 8.19. The van der Waals surface area contributed by atoms with Crippen LogP contribution in [0.2, 0.25) is 0 Å². The first kappa shape index (κ1) is 8.52. The molecule has 0 amide bonds. The Kier molecular flexibility index (Phi) is 2.13. The number of hydrogen-bond donors (Lipinski definition) is 2. The van der Waals surface area contributed by atoms with E-state index in [9.17, 15) is 0 Å². The average molecular weight is 168 g/mol. The van der Waals surface area contributed by atoms with Crippen molar-refractivity contribution >= 4 is 0 Å². The van der Waals surface area contributed by atoms with E-state index in [0.29, 0.717) is 5.41 Å². The van der Waals surface area contributed by atoms with Gasteiger partial charge in [-0.15, -0.1) is 0 Å². The van der Waals surface area contributed by atoms with Crippen LogP contribution in [-0.4, -0.2) is 25.7 Å². The van der Waals surface area contributed by atoms with E-state index in [1.165, 1.54) is 32.5 Å². The van der Waals surface area contributed by atoms with E-state index in [-0.39, 0.29) is 0 Å². The van der Waals surface area contributed by atoms with Crippen molar-refractivity contribution in [3.05, 3.63) is 0 Å². The fourth-order valence-electron chi connectivity index (χ4n) is 2.61. The van der Waals surface area contributed by atoms with Crippen molar-refractivity contribution in [1.29, 1.82) is 0 Å². The second-order valence-corrected chi connectivity index (χ2v) is 4.93. The minimum absolute atomic E-state index is 0.558. The highest BCUT2D eigenvalue weighted by Crippen LogP contribution is 2.36. The van der Waals surface area contributed by atoms with Crippen molar-refractivity contribution in [1.82, 2.24) is 10.6 Å². The molecule has 0 aromatic carbocycles. The first-order chi connectivity index (χ1) is 5.70. The standard InChI is InChI=1S/C10H20N2/c1-10(2)7-12-9(10)8-3-5-11-6-4-8/h8-9,11-12H,3-7H2,1-2H3. The first-order valence-corrected chi connectivity index (χ1v) is 5.14. The van der Waals surface area contributed by atoms with Crippen LogP contribution in [0.1, 0.15) is 26.7 Å². The van der Waals surface area contributed by atoms with Crippen LogP contribution in [0, 0.1) is 11.3 Å². The number of rotatable bonds is 1. The molecule has 2 heteroatoms. The second kappa shape index (κ2) is 3.00. The average Bonchev–Trinajstić information content (AvgIpc) is 2.05. The third kappa shape index (κ3) is 1.38. The van der Waals surface area contributed by atoms with E-state index in [1.807, 2.05) is 0 Å². The van der Waals surface area contributed by atoms with Crippen LogP contribution in [-0.2, 0) is 0 Å². The molecule has 0 spiro atoms. The summed E-state index contributed by atoms with van der Waals surface area (Å²) in [6.07, 6.45) is 2.72. The summed E-state index contributed by atoms with van der Waals surface area (Å²) in [5.41, 5.74) is 0.558. The molecule has 70 valence electrons. The molecule has 0 aromatic heterocycles. The summed E-state index contributed by atoms with van der Waals surface area (Å²) in [4.78, 5) is 0. The van der Waals surface area contributed by atoms with Crippen molar-refractivity contribution in [2.24, 2.45) is 11.3 Å². The van der Waals surface area contributed by atoms with Crippen LogP contribution in [0.4, 0.5) is 0 Å². The summed E-state index contributed by atoms with van der Waals surface area (Å²) in [6.45, 7) is 8.42. The van der Waals surface area contributed by atoms with E-state index in [4.69, 9.17) is 0 Å². The summed E-state index contributed by atoms with van der Waals surface area (Å²) in [5, 5.41) is 7.00. The Bertz CT molecular complexity index is 159.